The molecule has 0 aliphatic rings. The number of amides is 1. The second-order valence-electron chi connectivity index (χ2n) is 9.94. The third kappa shape index (κ3) is 5.75. The van der Waals surface area contributed by atoms with Crippen LogP contribution < -0.4 is 10.9 Å². The zero-order chi connectivity index (χ0) is 26.5. The van der Waals surface area contributed by atoms with Gasteiger partial charge in [0, 0.05) is 18.9 Å². The summed E-state index contributed by atoms with van der Waals surface area (Å²) in [5.74, 6) is -0.0533. The van der Waals surface area contributed by atoms with Crippen LogP contribution in [0, 0.1) is 19.3 Å². The summed E-state index contributed by atoms with van der Waals surface area (Å²) in [5, 5.41) is 12.4. The Hall–Kier alpha value is -4.45. The van der Waals surface area contributed by atoms with E-state index in [0.717, 1.165) is 22.2 Å². The molecule has 1 atom stereocenters. The van der Waals surface area contributed by atoms with Crippen molar-refractivity contribution in [2.24, 2.45) is 0 Å². The van der Waals surface area contributed by atoms with Gasteiger partial charge in [0.1, 0.15) is 0 Å². The molecule has 0 fully saturated rings. The molecule has 0 aliphatic heterocycles. The first-order chi connectivity index (χ1) is 18.5. The molecule has 1 unspecified atom stereocenters. The number of imidazole rings is 1. The van der Waals surface area contributed by atoms with E-state index in [0.29, 0.717) is 25.1 Å². The molecule has 0 bridgehead atoms. The number of pyridine rings is 1. The van der Waals surface area contributed by atoms with Crippen LogP contribution in [0.2, 0.25) is 0 Å². The number of aryl methyl sites for hydroxylation is 2. The van der Waals surface area contributed by atoms with E-state index in [2.05, 4.69) is 93.9 Å². The van der Waals surface area contributed by atoms with E-state index in [-0.39, 0.29) is 18.4 Å². The van der Waals surface area contributed by atoms with Crippen LogP contribution in [0.15, 0.2) is 97.3 Å². The topological polar surface area (TPSA) is 75.7 Å². The van der Waals surface area contributed by atoms with Crippen LogP contribution in [0.4, 0.5) is 0 Å². The molecule has 1 amide bonds. The summed E-state index contributed by atoms with van der Waals surface area (Å²) in [6.07, 6.45) is 4.40. The van der Waals surface area contributed by atoms with Gasteiger partial charge in [-0.15, -0.1) is 0 Å². The van der Waals surface area contributed by atoms with Gasteiger partial charge in [-0.3, -0.25) is 15.2 Å². The van der Waals surface area contributed by atoms with E-state index in [9.17, 15) is 10.2 Å². The Kier molecular flexibility index (Phi) is 7.50. The van der Waals surface area contributed by atoms with E-state index >= 15 is 0 Å². The SMILES string of the molecule is Cc1ccc(CC(CNC(=O)Cc2cccnc2)n2c(=N)n(Cc3ccc(C)cc3)c3ccccc32)cc1. The summed E-state index contributed by atoms with van der Waals surface area (Å²) in [7, 11) is 0. The largest absolute Gasteiger partial charge is 0.354 e. The highest BCUT2D eigenvalue weighted by molar-refractivity contribution is 5.79. The Morgan fingerprint density at radius 1 is 0.842 bits per heavy atom. The van der Waals surface area contributed by atoms with Crippen molar-refractivity contribution in [3.63, 3.8) is 0 Å². The number of benzene rings is 3. The Morgan fingerprint density at radius 2 is 1.50 bits per heavy atom. The van der Waals surface area contributed by atoms with Crippen molar-refractivity contribution in [2.75, 3.05) is 6.54 Å². The highest BCUT2D eigenvalue weighted by Gasteiger charge is 2.20. The molecule has 0 saturated carbocycles. The average Bonchev–Trinajstić information content (AvgIpc) is 3.20. The maximum Gasteiger partial charge on any atom is 0.224 e. The van der Waals surface area contributed by atoms with Gasteiger partial charge in [0.25, 0.3) is 0 Å². The van der Waals surface area contributed by atoms with Crippen molar-refractivity contribution in [1.82, 2.24) is 19.4 Å². The lowest BCUT2D eigenvalue weighted by molar-refractivity contribution is -0.120. The summed E-state index contributed by atoms with van der Waals surface area (Å²) < 4.78 is 4.13. The highest BCUT2D eigenvalue weighted by Crippen LogP contribution is 2.22. The van der Waals surface area contributed by atoms with Gasteiger partial charge in [-0.05, 0) is 55.2 Å². The second-order valence-corrected chi connectivity index (χ2v) is 9.94. The van der Waals surface area contributed by atoms with E-state index in [4.69, 9.17) is 0 Å². The fourth-order valence-electron chi connectivity index (χ4n) is 4.89. The number of hydrogen-bond acceptors (Lipinski definition) is 3. The Labute approximate surface area is 223 Å². The molecule has 2 N–H and O–H groups in total. The Balaban J connectivity index is 1.49. The van der Waals surface area contributed by atoms with Gasteiger partial charge in [0.2, 0.25) is 11.5 Å². The first-order valence-electron chi connectivity index (χ1n) is 13.0. The first-order valence-corrected chi connectivity index (χ1v) is 13.0. The molecular weight excluding hydrogens is 470 g/mol. The van der Waals surface area contributed by atoms with Crippen molar-refractivity contribution in [2.45, 2.75) is 39.3 Å². The molecule has 0 radical (unpaired) electrons. The molecule has 6 heteroatoms. The molecule has 5 aromatic rings. The number of aromatic nitrogens is 3. The van der Waals surface area contributed by atoms with Crippen LogP contribution in [0.1, 0.15) is 33.9 Å². The second kappa shape index (κ2) is 11.3. The number of fused-ring (bicyclic) bond motifs is 1. The van der Waals surface area contributed by atoms with Crippen molar-refractivity contribution >= 4 is 16.9 Å². The molecule has 0 aliphatic carbocycles. The maximum absolute atomic E-state index is 12.9. The van der Waals surface area contributed by atoms with E-state index in [1.165, 1.54) is 16.7 Å². The van der Waals surface area contributed by atoms with Gasteiger partial charge < -0.3 is 14.5 Å². The number of carbonyl (C=O) groups is 1. The van der Waals surface area contributed by atoms with Gasteiger partial charge in [-0.1, -0.05) is 77.9 Å². The number of rotatable bonds is 9. The van der Waals surface area contributed by atoms with Gasteiger partial charge in [-0.2, -0.15) is 0 Å². The van der Waals surface area contributed by atoms with Crippen LogP contribution in [0.3, 0.4) is 0 Å². The molecule has 2 aromatic heterocycles. The van der Waals surface area contributed by atoms with Crippen molar-refractivity contribution in [1.29, 1.82) is 5.41 Å². The van der Waals surface area contributed by atoms with Crippen LogP contribution in [-0.4, -0.2) is 26.6 Å². The average molecular weight is 504 g/mol. The Morgan fingerprint density at radius 3 is 2.16 bits per heavy atom. The molecule has 2 heterocycles. The number of nitrogens with one attached hydrogen (secondary N) is 2. The maximum atomic E-state index is 12.9. The summed E-state index contributed by atoms with van der Waals surface area (Å²) >= 11 is 0. The van der Waals surface area contributed by atoms with Crippen LogP contribution >= 0.6 is 0 Å². The fourth-order valence-corrected chi connectivity index (χ4v) is 4.89. The molecular formula is C32H33N5O. The lowest BCUT2D eigenvalue weighted by Crippen LogP contribution is -2.37. The minimum Gasteiger partial charge on any atom is -0.354 e. The predicted molar refractivity (Wildman–Crippen MR) is 151 cm³/mol. The zero-order valence-corrected chi connectivity index (χ0v) is 21.9. The first kappa shape index (κ1) is 25.2. The molecule has 38 heavy (non-hydrogen) atoms. The molecule has 3 aromatic carbocycles. The van der Waals surface area contributed by atoms with Crippen molar-refractivity contribution in [3.8, 4) is 0 Å². The predicted octanol–water partition coefficient (Wildman–Crippen LogP) is 5.13. The number of carbonyl (C=O) groups excluding carboxylic acids is 1. The lowest BCUT2D eigenvalue weighted by atomic mass is 10.0. The van der Waals surface area contributed by atoms with Crippen molar-refractivity contribution in [3.05, 3.63) is 131 Å². The number of para-hydroxylation sites is 2. The number of nitrogens with zero attached hydrogens (tertiary/aromatic N) is 3. The molecule has 0 spiro atoms. The van der Waals surface area contributed by atoms with Gasteiger partial charge >= 0.3 is 0 Å². The fraction of sp³-hybridized carbons (Fsp3) is 0.219. The summed E-state index contributed by atoms with van der Waals surface area (Å²) in [4.78, 5) is 17.0. The van der Waals surface area contributed by atoms with E-state index < -0.39 is 0 Å². The quantitative estimate of drug-likeness (QED) is 0.293. The minimum absolute atomic E-state index is 0.0533. The normalized spacial score (nSPS) is 11.9. The van der Waals surface area contributed by atoms with Crippen LogP contribution in [-0.2, 0) is 24.2 Å². The van der Waals surface area contributed by atoms with E-state index in [1.54, 1.807) is 12.4 Å². The minimum atomic E-state index is -0.132. The molecule has 192 valence electrons. The van der Waals surface area contributed by atoms with E-state index in [1.807, 2.05) is 24.3 Å². The molecule has 6 nitrogen and oxygen atoms in total. The smallest absolute Gasteiger partial charge is 0.224 e. The van der Waals surface area contributed by atoms with Crippen LogP contribution in [0.5, 0.6) is 0 Å². The summed E-state index contributed by atoms with van der Waals surface area (Å²) in [6, 6.07) is 28.7. The van der Waals surface area contributed by atoms with Crippen molar-refractivity contribution < 1.29 is 4.79 Å². The standard InChI is InChI=1S/C32H33N5O/c1-23-9-13-25(14-10-23)18-28(21-35-31(38)19-27-6-5-17-34-20-27)37-30-8-4-3-7-29(30)36(32(37)33)22-26-15-11-24(2)12-16-26/h3-17,20,28,33H,18-19,21-22H2,1-2H3,(H,35,38). The summed E-state index contributed by atoms with van der Waals surface area (Å²) in [6.45, 7) is 5.19. The zero-order valence-electron chi connectivity index (χ0n) is 21.9. The third-order valence-electron chi connectivity index (χ3n) is 6.96. The molecule has 0 saturated heterocycles. The number of hydrogen-bond donors (Lipinski definition) is 2. The van der Waals surface area contributed by atoms with Gasteiger partial charge in [0.05, 0.1) is 30.0 Å². The summed E-state index contributed by atoms with van der Waals surface area (Å²) in [5.41, 5.74) is 8.04. The third-order valence-corrected chi connectivity index (χ3v) is 6.96. The van der Waals surface area contributed by atoms with Crippen LogP contribution in [0.25, 0.3) is 11.0 Å². The lowest BCUT2D eigenvalue weighted by Gasteiger charge is -2.21. The Bertz CT molecular complexity index is 1580. The van der Waals surface area contributed by atoms with Gasteiger partial charge in [-0.25, -0.2) is 0 Å². The molecule has 5 rings (SSSR count). The monoisotopic (exact) mass is 503 g/mol. The highest BCUT2D eigenvalue weighted by atomic mass is 16.1. The van der Waals surface area contributed by atoms with Gasteiger partial charge in [0.15, 0.2) is 0 Å².